The fourth-order valence-corrected chi connectivity index (χ4v) is 2.14. The predicted molar refractivity (Wildman–Crippen MR) is 74.1 cm³/mol. The van der Waals surface area contributed by atoms with E-state index in [9.17, 15) is 4.79 Å². The van der Waals surface area contributed by atoms with Gasteiger partial charge in [0.25, 0.3) is 0 Å². The third kappa shape index (κ3) is 2.10. The molecule has 3 aromatic rings. The van der Waals surface area contributed by atoms with Gasteiger partial charge >= 0.3 is 0 Å². The summed E-state index contributed by atoms with van der Waals surface area (Å²) in [4.78, 5) is 20.8. The van der Waals surface area contributed by atoms with Crippen molar-refractivity contribution >= 4 is 16.6 Å². The molecule has 0 aliphatic rings. The maximum atomic E-state index is 12.5. The highest BCUT2D eigenvalue weighted by Crippen LogP contribution is 2.20. The SMILES string of the molecule is Cc1cc(C(=O)c2cncc3ccccc23)ccn1. The molecule has 0 bridgehead atoms. The molecule has 1 aromatic carbocycles. The smallest absolute Gasteiger partial charge is 0.195 e. The van der Waals surface area contributed by atoms with Gasteiger partial charge in [0.05, 0.1) is 0 Å². The molecule has 2 heterocycles. The van der Waals surface area contributed by atoms with E-state index in [1.165, 1.54) is 0 Å². The quantitative estimate of drug-likeness (QED) is 0.654. The number of hydrogen-bond acceptors (Lipinski definition) is 3. The minimum absolute atomic E-state index is 0.0187. The van der Waals surface area contributed by atoms with Gasteiger partial charge < -0.3 is 0 Å². The Balaban J connectivity index is 2.17. The molecule has 0 amide bonds. The van der Waals surface area contributed by atoms with Crippen LogP contribution in [0.2, 0.25) is 0 Å². The lowest BCUT2D eigenvalue weighted by molar-refractivity contribution is 0.104. The lowest BCUT2D eigenvalue weighted by Gasteiger charge is -2.05. The van der Waals surface area contributed by atoms with Crippen molar-refractivity contribution in [1.29, 1.82) is 0 Å². The van der Waals surface area contributed by atoms with Crippen LogP contribution in [0, 0.1) is 6.92 Å². The van der Waals surface area contributed by atoms with E-state index in [1.54, 1.807) is 30.7 Å². The van der Waals surface area contributed by atoms with Crippen molar-refractivity contribution in [3.05, 3.63) is 71.8 Å². The van der Waals surface area contributed by atoms with E-state index in [1.807, 2.05) is 31.2 Å². The lowest BCUT2D eigenvalue weighted by atomic mass is 10.00. The van der Waals surface area contributed by atoms with Crippen LogP contribution in [-0.4, -0.2) is 15.8 Å². The second kappa shape index (κ2) is 4.61. The van der Waals surface area contributed by atoms with Crippen molar-refractivity contribution in [3.8, 4) is 0 Å². The molecule has 0 atom stereocenters. The second-order valence-corrected chi connectivity index (χ2v) is 4.42. The number of aryl methyl sites for hydroxylation is 1. The highest BCUT2D eigenvalue weighted by atomic mass is 16.1. The van der Waals surface area contributed by atoms with Crippen LogP contribution in [0.25, 0.3) is 10.8 Å². The van der Waals surface area contributed by atoms with Crippen LogP contribution in [0.4, 0.5) is 0 Å². The zero-order valence-electron chi connectivity index (χ0n) is 10.5. The van der Waals surface area contributed by atoms with Gasteiger partial charge in [0.15, 0.2) is 5.78 Å². The Morgan fingerprint density at radius 2 is 1.95 bits per heavy atom. The number of fused-ring (bicyclic) bond motifs is 1. The zero-order valence-corrected chi connectivity index (χ0v) is 10.5. The van der Waals surface area contributed by atoms with Crippen molar-refractivity contribution in [3.63, 3.8) is 0 Å². The summed E-state index contributed by atoms with van der Waals surface area (Å²) in [7, 11) is 0. The molecule has 0 N–H and O–H groups in total. The third-order valence-electron chi connectivity index (χ3n) is 3.07. The Morgan fingerprint density at radius 1 is 1.11 bits per heavy atom. The van der Waals surface area contributed by atoms with Gasteiger partial charge in [0.1, 0.15) is 0 Å². The van der Waals surface area contributed by atoms with Crippen LogP contribution in [0.3, 0.4) is 0 Å². The largest absolute Gasteiger partial charge is 0.289 e. The van der Waals surface area contributed by atoms with E-state index in [0.29, 0.717) is 11.1 Å². The summed E-state index contributed by atoms with van der Waals surface area (Å²) in [6.07, 6.45) is 5.05. The first-order valence-corrected chi connectivity index (χ1v) is 6.06. The molecule has 3 heteroatoms. The summed E-state index contributed by atoms with van der Waals surface area (Å²) in [5.41, 5.74) is 2.10. The van der Waals surface area contributed by atoms with E-state index in [2.05, 4.69) is 9.97 Å². The minimum atomic E-state index is -0.0187. The Labute approximate surface area is 111 Å². The first-order valence-electron chi connectivity index (χ1n) is 6.06. The number of ketones is 1. The lowest BCUT2D eigenvalue weighted by Crippen LogP contribution is -2.03. The van der Waals surface area contributed by atoms with Crippen molar-refractivity contribution in [2.45, 2.75) is 6.92 Å². The Morgan fingerprint density at radius 3 is 2.79 bits per heavy atom. The molecule has 0 radical (unpaired) electrons. The van der Waals surface area contributed by atoms with Gasteiger partial charge in [-0.15, -0.1) is 0 Å². The molecular weight excluding hydrogens is 236 g/mol. The van der Waals surface area contributed by atoms with Gasteiger partial charge in [0, 0.05) is 40.8 Å². The number of benzene rings is 1. The number of carbonyl (C=O) groups is 1. The highest BCUT2D eigenvalue weighted by Gasteiger charge is 2.12. The van der Waals surface area contributed by atoms with Gasteiger partial charge in [-0.1, -0.05) is 24.3 Å². The molecule has 19 heavy (non-hydrogen) atoms. The summed E-state index contributed by atoms with van der Waals surface area (Å²) in [5, 5.41) is 1.90. The van der Waals surface area contributed by atoms with Gasteiger partial charge in [0.2, 0.25) is 0 Å². The number of hydrogen-bond donors (Lipinski definition) is 0. The number of nitrogens with zero attached hydrogens (tertiary/aromatic N) is 2. The van der Waals surface area contributed by atoms with Crippen molar-refractivity contribution in [2.24, 2.45) is 0 Å². The molecule has 3 nitrogen and oxygen atoms in total. The Kier molecular flexibility index (Phi) is 2.80. The molecule has 0 aliphatic heterocycles. The van der Waals surface area contributed by atoms with Crippen LogP contribution in [-0.2, 0) is 0 Å². The molecule has 0 aliphatic carbocycles. The topological polar surface area (TPSA) is 42.9 Å². The molecule has 2 aromatic heterocycles. The van der Waals surface area contributed by atoms with E-state index < -0.39 is 0 Å². The predicted octanol–water partition coefficient (Wildman–Crippen LogP) is 3.17. The zero-order chi connectivity index (χ0) is 13.2. The molecule has 0 unspecified atom stereocenters. The van der Waals surface area contributed by atoms with Gasteiger partial charge in [-0.25, -0.2) is 0 Å². The maximum Gasteiger partial charge on any atom is 0.195 e. The number of pyridine rings is 2. The van der Waals surface area contributed by atoms with Gasteiger partial charge in [-0.2, -0.15) is 0 Å². The fraction of sp³-hybridized carbons (Fsp3) is 0.0625. The van der Waals surface area contributed by atoms with Crippen LogP contribution in [0.1, 0.15) is 21.6 Å². The first kappa shape index (κ1) is 11.5. The Hall–Kier alpha value is -2.55. The number of rotatable bonds is 2. The average Bonchev–Trinajstić information content (AvgIpc) is 2.46. The van der Waals surface area contributed by atoms with Crippen LogP contribution in [0.15, 0.2) is 55.0 Å². The molecule has 0 fully saturated rings. The normalized spacial score (nSPS) is 10.6. The van der Waals surface area contributed by atoms with E-state index in [-0.39, 0.29) is 5.78 Å². The summed E-state index contributed by atoms with van der Waals surface area (Å²) in [6, 6.07) is 11.3. The molecule has 3 rings (SSSR count). The van der Waals surface area contributed by atoms with Crippen molar-refractivity contribution in [2.75, 3.05) is 0 Å². The molecule has 0 saturated heterocycles. The van der Waals surface area contributed by atoms with Crippen LogP contribution < -0.4 is 0 Å². The van der Waals surface area contributed by atoms with E-state index in [0.717, 1.165) is 16.5 Å². The summed E-state index contributed by atoms with van der Waals surface area (Å²) in [6.45, 7) is 1.87. The number of carbonyl (C=O) groups excluding carboxylic acids is 1. The Bertz CT molecular complexity index is 760. The molecule has 0 saturated carbocycles. The fourth-order valence-electron chi connectivity index (χ4n) is 2.14. The van der Waals surface area contributed by atoms with Gasteiger partial charge in [-0.3, -0.25) is 14.8 Å². The third-order valence-corrected chi connectivity index (χ3v) is 3.07. The summed E-state index contributed by atoms with van der Waals surface area (Å²) in [5.74, 6) is -0.0187. The van der Waals surface area contributed by atoms with Crippen molar-refractivity contribution in [1.82, 2.24) is 9.97 Å². The summed E-state index contributed by atoms with van der Waals surface area (Å²) >= 11 is 0. The first-order chi connectivity index (χ1) is 9.25. The van der Waals surface area contributed by atoms with E-state index in [4.69, 9.17) is 0 Å². The molecule has 92 valence electrons. The molecular formula is C16H12N2O. The maximum absolute atomic E-state index is 12.5. The van der Waals surface area contributed by atoms with Crippen LogP contribution >= 0.6 is 0 Å². The van der Waals surface area contributed by atoms with Crippen molar-refractivity contribution < 1.29 is 4.79 Å². The van der Waals surface area contributed by atoms with Gasteiger partial charge in [-0.05, 0) is 24.4 Å². The highest BCUT2D eigenvalue weighted by molar-refractivity contribution is 6.16. The molecule has 0 spiro atoms. The summed E-state index contributed by atoms with van der Waals surface area (Å²) < 4.78 is 0. The minimum Gasteiger partial charge on any atom is -0.289 e. The second-order valence-electron chi connectivity index (χ2n) is 4.42. The number of aromatic nitrogens is 2. The monoisotopic (exact) mass is 248 g/mol. The van der Waals surface area contributed by atoms with E-state index >= 15 is 0 Å². The average molecular weight is 248 g/mol. The van der Waals surface area contributed by atoms with Crippen LogP contribution in [0.5, 0.6) is 0 Å². The standard InChI is InChI=1S/C16H12N2O/c1-11-8-12(6-7-18-11)16(19)15-10-17-9-13-4-2-3-5-14(13)15/h2-10H,1H3.